The lowest BCUT2D eigenvalue weighted by molar-refractivity contribution is 0.318. The lowest BCUT2D eigenvalue weighted by Gasteiger charge is -2.11. The average molecular weight is 278 g/mol. The third-order valence-electron chi connectivity index (χ3n) is 2.54. The molecule has 2 aromatic rings. The van der Waals surface area contributed by atoms with Crippen LogP contribution in [-0.4, -0.2) is 16.0 Å². The molecule has 0 saturated heterocycles. The van der Waals surface area contributed by atoms with Gasteiger partial charge in [-0.05, 0) is 30.7 Å². The molecule has 0 spiro atoms. The average Bonchev–Trinajstić information content (AvgIpc) is 2.42. The van der Waals surface area contributed by atoms with Crippen molar-refractivity contribution >= 4 is 17.4 Å². The standard InChI is InChI=1S/C13H12ClN3O2/c1-8-2-3-9(14)6-11(8)19-12-7-16-5-4-10(12)13(15)17-18/h2-7,18H,1H3,(H2,15,17). The monoisotopic (exact) mass is 277 g/mol. The summed E-state index contributed by atoms with van der Waals surface area (Å²) in [5, 5.41) is 12.3. The van der Waals surface area contributed by atoms with Crippen molar-refractivity contribution in [3.05, 3.63) is 52.8 Å². The molecule has 1 aromatic carbocycles. The summed E-state index contributed by atoms with van der Waals surface area (Å²) in [5.41, 5.74) is 6.95. The minimum absolute atomic E-state index is 0.0444. The third kappa shape index (κ3) is 2.95. The molecule has 2 rings (SSSR count). The molecule has 0 aliphatic carbocycles. The van der Waals surface area contributed by atoms with Crippen LogP contribution in [0.5, 0.6) is 11.5 Å². The van der Waals surface area contributed by atoms with E-state index in [4.69, 9.17) is 27.3 Å². The van der Waals surface area contributed by atoms with E-state index in [1.165, 1.54) is 12.4 Å². The van der Waals surface area contributed by atoms with Gasteiger partial charge in [0, 0.05) is 11.2 Å². The summed E-state index contributed by atoms with van der Waals surface area (Å²) in [7, 11) is 0. The molecule has 98 valence electrons. The smallest absolute Gasteiger partial charge is 0.173 e. The summed E-state index contributed by atoms with van der Waals surface area (Å²) in [6.07, 6.45) is 3.03. The van der Waals surface area contributed by atoms with Crippen molar-refractivity contribution in [2.45, 2.75) is 6.92 Å². The number of oxime groups is 1. The number of ether oxygens (including phenoxy) is 1. The highest BCUT2D eigenvalue weighted by molar-refractivity contribution is 6.30. The summed E-state index contributed by atoms with van der Waals surface area (Å²) >= 11 is 5.93. The first-order valence-corrected chi connectivity index (χ1v) is 5.85. The van der Waals surface area contributed by atoms with Crippen LogP contribution in [0.3, 0.4) is 0 Å². The van der Waals surface area contributed by atoms with Gasteiger partial charge in [-0.1, -0.05) is 22.8 Å². The molecule has 1 heterocycles. The van der Waals surface area contributed by atoms with Gasteiger partial charge in [0.05, 0.1) is 11.8 Å². The highest BCUT2D eigenvalue weighted by Gasteiger charge is 2.10. The first-order chi connectivity index (χ1) is 9.11. The van der Waals surface area contributed by atoms with Crippen LogP contribution in [0, 0.1) is 6.92 Å². The van der Waals surface area contributed by atoms with Gasteiger partial charge < -0.3 is 15.7 Å². The molecule has 19 heavy (non-hydrogen) atoms. The normalized spacial score (nSPS) is 11.4. The van der Waals surface area contributed by atoms with Gasteiger partial charge in [0.15, 0.2) is 11.6 Å². The Morgan fingerprint density at radius 1 is 1.37 bits per heavy atom. The van der Waals surface area contributed by atoms with Gasteiger partial charge in [-0.25, -0.2) is 0 Å². The number of rotatable bonds is 3. The summed E-state index contributed by atoms with van der Waals surface area (Å²) in [5.74, 6) is 0.938. The molecule has 5 nitrogen and oxygen atoms in total. The summed E-state index contributed by atoms with van der Waals surface area (Å²) < 4.78 is 5.73. The predicted molar refractivity (Wildman–Crippen MR) is 73.0 cm³/mol. The SMILES string of the molecule is Cc1ccc(Cl)cc1Oc1cnccc1/C(N)=N/O. The van der Waals surface area contributed by atoms with E-state index in [0.717, 1.165) is 5.56 Å². The van der Waals surface area contributed by atoms with Gasteiger partial charge >= 0.3 is 0 Å². The second kappa shape index (κ2) is 5.58. The number of aromatic nitrogens is 1. The second-order valence-corrected chi connectivity index (χ2v) is 4.31. The molecular formula is C13H12ClN3O2. The van der Waals surface area contributed by atoms with Crippen LogP contribution in [0.2, 0.25) is 5.02 Å². The molecule has 0 bridgehead atoms. The zero-order chi connectivity index (χ0) is 13.8. The summed E-state index contributed by atoms with van der Waals surface area (Å²) in [4.78, 5) is 3.96. The van der Waals surface area contributed by atoms with Crippen molar-refractivity contribution < 1.29 is 9.94 Å². The van der Waals surface area contributed by atoms with Crippen LogP contribution < -0.4 is 10.5 Å². The van der Waals surface area contributed by atoms with Crippen LogP contribution in [0.4, 0.5) is 0 Å². The fourth-order valence-corrected chi connectivity index (χ4v) is 1.69. The Bertz CT molecular complexity index is 629. The van der Waals surface area contributed by atoms with E-state index in [2.05, 4.69) is 10.1 Å². The molecule has 0 amide bonds. The number of aryl methyl sites for hydroxylation is 1. The number of hydrogen-bond acceptors (Lipinski definition) is 4. The number of hydrogen-bond donors (Lipinski definition) is 2. The molecule has 0 fully saturated rings. The molecule has 0 radical (unpaired) electrons. The van der Waals surface area contributed by atoms with Crippen LogP contribution in [0.1, 0.15) is 11.1 Å². The number of nitrogens with zero attached hydrogens (tertiary/aromatic N) is 2. The van der Waals surface area contributed by atoms with E-state index < -0.39 is 0 Å². The highest BCUT2D eigenvalue weighted by atomic mass is 35.5. The Labute approximate surface area is 115 Å². The second-order valence-electron chi connectivity index (χ2n) is 3.87. The lowest BCUT2D eigenvalue weighted by Crippen LogP contribution is -2.14. The zero-order valence-corrected chi connectivity index (χ0v) is 10.9. The van der Waals surface area contributed by atoms with E-state index in [9.17, 15) is 0 Å². The molecule has 0 atom stereocenters. The number of amidine groups is 1. The van der Waals surface area contributed by atoms with Crippen molar-refractivity contribution in [1.29, 1.82) is 0 Å². The number of pyridine rings is 1. The molecule has 0 unspecified atom stereocenters. The van der Waals surface area contributed by atoms with Crippen molar-refractivity contribution in [1.82, 2.24) is 4.98 Å². The maximum Gasteiger partial charge on any atom is 0.173 e. The number of nitrogens with two attached hydrogens (primary N) is 1. The topological polar surface area (TPSA) is 80.7 Å². The van der Waals surface area contributed by atoms with Crippen LogP contribution in [-0.2, 0) is 0 Å². The molecule has 0 aliphatic heterocycles. The van der Waals surface area contributed by atoms with Crippen molar-refractivity contribution in [3.63, 3.8) is 0 Å². The van der Waals surface area contributed by atoms with E-state index in [0.29, 0.717) is 22.1 Å². The lowest BCUT2D eigenvalue weighted by atomic mass is 10.2. The third-order valence-corrected chi connectivity index (χ3v) is 2.77. The van der Waals surface area contributed by atoms with E-state index in [-0.39, 0.29) is 5.84 Å². The molecule has 3 N–H and O–H groups in total. The first-order valence-electron chi connectivity index (χ1n) is 5.47. The molecular weight excluding hydrogens is 266 g/mol. The molecule has 6 heteroatoms. The van der Waals surface area contributed by atoms with Crippen molar-refractivity contribution in [2.24, 2.45) is 10.9 Å². The Morgan fingerprint density at radius 2 is 2.16 bits per heavy atom. The highest BCUT2D eigenvalue weighted by Crippen LogP contribution is 2.29. The van der Waals surface area contributed by atoms with Crippen LogP contribution in [0.15, 0.2) is 41.8 Å². The molecule has 1 aromatic heterocycles. The van der Waals surface area contributed by atoms with Crippen molar-refractivity contribution in [2.75, 3.05) is 0 Å². The van der Waals surface area contributed by atoms with Gasteiger partial charge in [0.25, 0.3) is 0 Å². The Morgan fingerprint density at radius 3 is 2.89 bits per heavy atom. The predicted octanol–water partition coefficient (Wildman–Crippen LogP) is 2.93. The minimum atomic E-state index is -0.0444. The quantitative estimate of drug-likeness (QED) is 0.391. The minimum Gasteiger partial charge on any atom is -0.455 e. The van der Waals surface area contributed by atoms with E-state index >= 15 is 0 Å². The van der Waals surface area contributed by atoms with Gasteiger partial charge in [0.2, 0.25) is 0 Å². The van der Waals surface area contributed by atoms with Gasteiger partial charge in [-0.3, -0.25) is 4.98 Å². The molecule has 0 aliphatic rings. The van der Waals surface area contributed by atoms with E-state index in [1.54, 1.807) is 18.2 Å². The van der Waals surface area contributed by atoms with Crippen LogP contribution in [0.25, 0.3) is 0 Å². The fourth-order valence-electron chi connectivity index (χ4n) is 1.53. The van der Waals surface area contributed by atoms with Crippen molar-refractivity contribution in [3.8, 4) is 11.5 Å². The summed E-state index contributed by atoms with van der Waals surface area (Å²) in [6, 6.07) is 6.92. The Kier molecular flexibility index (Phi) is 3.87. The van der Waals surface area contributed by atoms with E-state index in [1.807, 2.05) is 13.0 Å². The Hall–Kier alpha value is -2.27. The van der Waals surface area contributed by atoms with Gasteiger partial charge in [-0.2, -0.15) is 0 Å². The maximum atomic E-state index is 8.74. The maximum absolute atomic E-state index is 8.74. The number of benzene rings is 1. The number of halogens is 1. The molecule has 0 saturated carbocycles. The zero-order valence-electron chi connectivity index (χ0n) is 10.2. The van der Waals surface area contributed by atoms with Gasteiger partial charge in [0.1, 0.15) is 5.75 Å². The largest absolute Gasteiger partial charge is 0.455 e. The van der Waals surface area contributed by atoms with Crippen LogP contribution >= 0.6 is 11.6 Å². The van der Waals surface area contributed by atoms with Gasteiger partial charge in [-0.15, -0.1) is 0 Å². The summed E-state index contributed by atoms with van der Waals surface area (Å²) in [6.45, 7) is 1.89. The Balaban J connectivity index is 2.41. The first kappa shape index (κ1) is 13.2. The fraction of sp³-hybridized carbons (Fsp3) is 0.0769.